The monoisotopic (exact) mass is 379 g/mol. The fraction of sp³-hybridized carbons (Fsp3) is 0.400. The zero-order valence-electron chi connectivity index (χ0n) is 15.5. The molecule has 2 aliphatic heterocycles. The first-order valence-electron chi connectivity index (χ1n) is 9.52. The zero-order valence-corrected chi connectivity index (χ0v) is 15.5. The van der Waals surface area contributed by atoms with Crippen molar-refractivity contribution in [3.05, 3.63) is 80.8 Å². The van der Waals surface area contributed by atoms with Gasteiger partial charge in [0.05, 0.1) is 25.0 Å². The van der Waals surface area contributed by atoms with Crippen LogP contribution in [0.2, 0.25) is 0 Å². The van der Waals surface area contributed by atoms with Crippen LogP contribution >= 0.6 is 0 Å². The van der Waals surface area contributed by atoms with E-state index in [0.29, 0.717) is 12.2 Å². The molecule has 0 bridgehead atoms. The van der Waals surface area contributed by atoms with E-state index in [9.17, 15) is 9.59 Å². The minimum absolute atomic E-state index is 0.189. The first-order valence-corrected chi connectivity index (χ1v) is 9.52. The molecule has 0 N–H and O–H groups in total. The molecule has 0 amide bonds. The van der Waals surface area contributed by atoms with Gasteiger partial charge in [-0.05, 0) is 43.7 Å². The summed E-state index contributed by atoms with van der Waals surface area (Å²) in [4.78, 5) is 31.8. The molecule has 1 saturated heterocycles. The highest BCUT2D eigenvalue weighted by atomic mass is 16.3. The molecule has 1 spiro atoms. The SMILES string of the molecule is O=c1c(=O)n2c(nn1Cc1ccccn1)C1(CCN(Cc3ccco3)C1)CC2. The molecule has 5 heterocycles. The van der Waals surface area contributed by atoms with Crippen molar-refractivity contribution in [3.8, 4) is 0 Å². The van der Waals surface area contributed by atoms with Gasteiger partial charge in [-0.3, -0.25) is 24.0 Å². The third-order valence-electron chi connectivity index (χ3n) is 5.85. The van der Waals surface area contributed by atoms with E-state index in [2.05, 4.69) is 15.0 Å². The molecule has 5 rings (SSSR count). The summed E-state index contributed by atoms with van der Waals surface area (Å²) >= 11 is 0. The molecular formula is C20H21N5O3. The summed E-state index contributed by atoms with van der Waals surface area (Å²) in [6, 6.07) is 9.37. The van der Waals surface area contributed by atoms with Crippen LogP contribution < -0.4 is 11.1 Å². The average Bonchev–Trinajstić information content (AvgIpc) is 3.44. The van der Waals surface area contributed by atoms with Crippen molar-refractivity contribution in [3.63, 3.8) is 0 Å². The summed E-state index contributed by atoms with van der Waals surface area (Å²) < 4.78 is 8.33. The van der Waals surface area contributed by atoms with Crippen molar-refractivity contribution in [2.75, 3.05) is 13.1 Å². The summed E-state index contributed by atoms with van der Waals surface area (Å²) in [5.41, 5.74) is -0.552. The number of fused-ring (bicyclic) bond motifs is 2. The molecule has 0 aliphatic carbocycles. The van der Waals surface area contributed by atoms with Gasteiger partial charge < -0.3 is 4.42 Å². The number of aromatic nitrogens is 4. The molecular weight excluding hydrogens is 358 g/mol. The lowest BCUT2D eigenvalue weighted by Gasteiger charge is -2.23. The van der Waals surface area contributed by atoms with E-state index in [1.807, 2.05) is 30.3 Å². The molecule has 144 valence electrons. The van der Waals surface area contributed by atoms with Gasteiger partial charge in [0.1, 0.15) is 11.6 Å². The number of rotatable bonds is 4. The first kappa shape index (κ1) is 17.1. The number of pyridine rings is 1. The van der Waals surface area contributed by atoms with Crippen LogP contribution in [0.1, 0.15) is 30.1 Å². The van der Waals surface area contributed by atoms with E-state index in [4.69, 9.17) is 4.42 Å². The van der Waals surface area contributed by atoms with Crippen molar-refractivity contribution < 1.29 is 4.42 Å². The van der Waals surface area contributed by atoms with Gasteiger partial charge in [0.15, 0.2) is 0 Å². The Labute approximate surface area is 161 Å². The van der Waals surface area contributed by atoms with E-state index >= 15 is 0 Å². The third-order valence-corrected chi connectivity index (χ3v) is 5.85. The highest BCUT2D eigenvalue weighted by Crippen LogP contribution is 2.40. The summed E-state index contributed by atoms with van der Waals surface area (Å²) in [5.74, 6) is 1.66. The molecule has 0 radical (unpaired) electrons. The minimum Gasteiger partial charge on any atom is -0.468 e. The maximum absolute atomic E-state index is 12.7. The number of hydrogen-bond donors (Lipinski definition) is 0. The molecule has 2 aliphatic rings. The molecule has 8 heteroatoms. The van der Waals surface area contributed by atoms with E-state index in [0.717, 1.165) is 44.1 Å². The van der Waals surface area contributed by atoms with Gasteiger partial charge in [-0.2, -0.15) is 5.10 Å². The van der Waals surface area contributed by atoms with Crippen molar-refractivity contribution in [1.82, 2.24) is 24.2 Å². The van der Waals surface area contributed by atoms with Gasteiger partial charge in [-0.1, -0.05) is 6.07 Å². The lowest BCUT2D eigenvalue weighted by atomic mass is 9.85. The Morgan fingerprint density at radius 1 is 1.04 bits per heavy atom. The normalized spacial score (nSPS) is 21.4. The fourth-order valence-corrected chi connectivity index (χ4v) is 4.43. The van der Waals surface area contributed by atoms with Crippen LogP contribution in [0.3, 0.4) is 0 Å². The molecule has 3 aromatic rings. The van der Waals surface area contributed by atoms with E-state index in [1.165, 1.54) is 4.68 Å². The first-order chi connectivity index (χ1) is 13.6. The number of nitrogens with zero attached hydrogens (tertiary/aromatic N) is 5. The van der Waals surface area contributed by atoms with Crippen molar-refractivity contribution >= 4 is 0 Å². The lowest BCUT2D eigenvalue weighted by Crippen LogP contribution is -2.45. The third kappa shape index (κ3) is 2.80. The predicted octanol–water partition coefficient (Wildman–Crippen LogP) is 0.989. The topological polar surface area (TPSA) is 86.2 Å². The van der Waals surface area contributed by atoms with Crippen LogP contribution in [-0.2, 0) is 25.0 Å². The Kier molecular flexibility index (Phi) is 4.01. The Bertz CT molecular complexity index is 1100. The number of hydrogen-bond acceptors (Lipinski definition) is 6. The summed E-state index contributed by atoms with van der Waals surface area (Å²) in [5, 5.41) is 4.65. The fourth-order valence-electron chi connectivity index (χ4n) is 4.43. The maximum Gasteiger partial charge on any atom is 0.332 e. The standard InChI is InChI=1S/C20H21N5O3/c26-17-18(27)25(12-15-4-1-2-8-21-15)22-19-20(7-10-24(17)19)6-9-23(14-20)13-16-5-3-11-28-16/h1-5,8,11H,6-7,9-10,12-14H2. The van der Waals surface area contributed by atoms with Gasteiger partial charge in [0.2, 0.25) is 0 Å². The summed E-state index contributed by atoms with van der Waals surface area (Å²) in [7, 11) is 0. The van der Waals surface area contributed by atoms with Crippen molar-refractivity contribution in [1.29, 1.82) is 0 Å². The van der Waals surface area contributed by atoms with Gasteiger partial charge in [-0.25, -0.2) is 4.68 Å². The molecule has 1 atom stereocenters. The minimum atomic E-state index is -0.586. The molecule has 1 unspecified atom stereocenters. The Morgan fingerprint density at radius 2 is 1.93 bits per heavy atom. The van der Waals surface area contributed by atoms with Crippen LogP contribution in [0.15, 0.2) is 56.8 Å². The highest BCUT2D eigenvalue weighted by Gasteiger charge is 2.47. The molecule has 0 aromatic carbocycles. The quantitative estimate of drug-likeness (QED) is 0.629. The average molecular weight is 379 g/mol. The highest BCUT2D eigenvalue weighted by molar-refractivity contribution is 5.18. The van der Waals surface area contributed by atoms with Crippen LogP contribution in [0, 0.1) is 0 Å². The van der Waals surface area contributed by atoms with E-state index < -0.39 is 11.1 Å². The summed E-state index contributed by atoms with van der Waals surface area (Å²) in [6.07, 6.45) is 5.11. The summed E-state index contributed by atoms with van der Waals surface area (Å²) in [6.45, 7) is 3.22. The van der Waals surface area contributed by atoms with Gasteiger partial charge in [-0.15, -0.1) is 0 Å². The van der Waals surface area contributed by atoms with Crippen molar-refractivity contribution in [2.24, 2.45) is 0 Å². The Morgan fingerprint density at radius 3 is 2.71 bits per heavy atom. The second-order valence-corrected chi connectivity index (χ2v) is 7.63. The molecule has 3 aromatic heterocycles. The smallest absolute Gasteiger partial charge is 0.332 e. The van der Waals surface area contributed by atoms with Crippen LogP contribution in [0.5, 0.6) is 0 Å². The lowest BCUT2D eigenvalue weighted by molar-refractivity contribution is 0.273. The Balaban J connectivity index is 1.48. The van der Waals surface area contributed by atoms with Gasteiger partial charge >= 0.3 is 11.1 Å². The Hall–Kier alpha value is -3.00. The second-order valence-electron chi connectivity index (χ2n) is 7.63. The van der Waals surface area contributed by atoms with E-state index in [1.54, 1.807) is 17.0 Å². The van der Waals surface area contributed by atoms with Crippen molar-refractivity contribution in [2.45, 2.75) is 37.9 Å². The molecule has 0 saturated carbocycles. The predicted molar refractivity (Wildman–Crippen MR) is 101 cm³/mol. The molecule has 28 heavy (non-hydrogen) atoms. The van der Waals surface area contributed by atoms with Gasteiger partial charge in [0, 0.05) is 24.7 Å². The second kappa shape index (κ2) is 6.56. The van der Waals surface area contributed by atoms with Crippen LogP contribution in [0.25, 0.3) is 0 Å². The van der Waals surface area contributed by atoms with Gasteiger partial charge in [0.25, 0.3) is 0 Å². The molecule has 8 nitrogen and oxygen atoms in total. The number of likely N-dealkylation sites (tertiary alicyclic amines) is 1. The zero-order chi connectivity index (χ0) is 19.1. The largest absolute Gasteiger partial charge is 0.468 e. The van der Waals surface area contributed by atoms with E-state index in [-0.39, 0.29) is 12.0 Å². The van der Waals surface area contributed by atoms with Crippen LogP contribution in [-0.4, -0.2) is 37.3 Å². The number of furan rings is 1. The molecule has 1 fully saturated rings. The van der Waals surface area contributed by atoms with Crippen LogP contribution in [0.4, 0.5) is 0 Å². The maximum atomic E-state index is 12.7.